The zero-order valence-corrected chi connectivity index (χ0v) is 14.9. The summed E-state index contributed by atoms with van der Waals surface area (Å²) in [5, 5.41) is 4.64. The normalized spacial score (nSPS) is 11.5. The fourth-order valence-electron chi connectivity index (χ4n) is 2.70. The van der Waals surface area contributed by atoms with Crippen LogP contribution in [-0.4, -0.2) is 21.7 Å². The molecule has 0 fully saturated rings. The first-order valence-electron chi connectivity index (χ1n) is 8.08. The van der Waals surface area contributed by atoms with Crippen molar-refractivity contribution < 1.29 is 22.7 Å². The molecule has 0 radical (unpaired) electrons. The maximum atomic E-state index is 12.6. The van der Waals surface area contributed by atoms with Crippen molar-refractivity contribution in [3.63, 3.8) is 0 Å². The second-order valence-electron chi connectivity index (χ2n) is 5.79. The average molecular weight is 403 g/mol. The van der Waals surface area contributed by atoms with E-state index in [-0.39, 0.29) is 5.56 Å². The molecule has 28 heavy (non-hydrogen) atoms. The largest absolute Gasteiger partial charge is 0.573 e. The second-order valence-corrected chi connectivity index (χ2v) is 6.67. The van der Waals surface area contributed by atoms with E-state index < -0.39 is 18.0 Å². The van der Waals surface area contributed by atoms with E-state index in [4.69, 9.17) is 0 Å². The Balaban J connectivity index is 1.60. The van der Waals surface area contributed by atoms with E-state index in [0.717, 1.165) is 17.1 Å². The minimum Gasteiger partial charge on any atom is -0.406 e. The smallest absolute Gasteiger partial charge is 0.406 e. The summed E-state index contributed by atoms with van der Waals surface area (Å²) in [6.07, 6.45) is -1.10. The summed E-state index contributed by atoms with van der Waals surface area (Å²) in [6, 6.07) is 12.0. The molecule has 0 aliphatic rings. The minimum atomic E-state index is -4.82. The highest BCUT2D eigenvalue weighted by molar-refractivity contribution is 7.15. The number of rotatable bonds is 4. The van der Waals surface area contributed by atoms with Crippen molar-refractivity contribution in [1.82, 2.24) is 9.38 Å². The first-order valence-corrected chi connectivity index (χ1v) is 8.96. The van der Waals surface area contributed by atoms with Crippen molar-refractivity contribution in [1.29, 1.82) is 0 Å². The topological polar surface area (TPSA) is 55.6 Å². The number of benzene rings is 2. The van der Waals surface area contributed by atoms with Crippen molar-refractivity contribution >= 4 is 27.9 Å². The minimum absolute atomic E-state index is 0.0439. The fraction of sp³-hybridized carbons (Fsp3) is 0.0526. The van der Waals surface area contributed by atoms with Crippen LogP contribution in [0.3, 0.4) is 0 Å². The van der Waals surface area contributed by atoms with Gasteiger partial charge in [0.05, 0.1) is 11.4 Å². The van der Waals surface area contributed by atoms with Gasteiger partial charge in [-0.1, -0.05) is 24.3 Å². The van der Waals surface area contributed by atoms with Gasteiger partial charge in [0.1, 0.15) is 5.75 Å². The average Bonchev–Trinajstić information content (AvgIpc) is 3.23. The van der Waals surface area contributed by atoms with Gasteiger partial charge in [0, 0.05) is 28.9 Å². The lowest BCUT2D eigenvalue weighted by Gasteiger charge is -2.12. The zero-order chi connectivity index (χ0) is 19.7. The molecule has 2 aromatic carbocycles. The summed E-state index contributed by atoms with van der Waals surface area (Å²) < 4.78 is 42.9. The number of carbonyl (C=O) groups excluding carboxylic acids is 1. The van der Waals surface area contributed by atoms with Gasteiger partial charge in [-0.05, 0) is 24.3 Å². The lowest BCUT2D eigenvalue weighted by Crippen LogP contribution is -2.18. The molecule has 0 unspecified atom stereocenters. The van der Waals surface area contributed by atoms with Crippen LogP contribution in [0.2, 0.25) is 0 Å². The standard InChI is InChI=1S/C19H12F3N3O2S/c20-19(21,22)27-13-5-3-4-12(10-13)17(26)23-15-7-2-1-6-14(15)16-11-25-8-9-28-18(25)24-16/h1-11H,(H,23,26). The Bertz CT molecular complexity index is 1120. The summed E-state index contributed by atoms with van der Waals surface area (Å²) in [5.41, 5.74) is 1.93. The van der Waals surface area contributed by atoms with Crippen LogP contribution in [0.25, 0.3) is 16.2 Å². The van der Waals surface area contributed by atoms with E-state index in [9.17, 15) is 18.0 Å². The molecule has 2 aromatic heterocycles. The number of halogens is 3. The van der Waals surface area contributed by atoms with E-state index in [2.05, 4.69) is 15.0 Å². The Kier molecular flexibility index (Phi) is 4.52. The molecule has 5 nitrogen and oxygen atoms in total. The van der Waals surface area contributed by atoms with Crippen molar-refractivity contribution in [3.8, 4) is 17.0 Å². The monoisotopic (exact) mass is 403 g/mol. The van der Waals surface area contributed by atoms with Gasteiger partial charge >= 0.3 is 6.36 Å². The summed E-state index contributed by atoms with van der Waals surface area (Å²) in [7, 11) is 0. The van der Waals surface area contributed by atoms with E-state index in [1.807, 2.05) is 34.3 Å². The molecule has 4 aromatic rings. The van der Waals surface area contributed by atoms with Crippen LogP contribution in [-0.2, 0) is 0 Å². The molecule has 1 N–H and O–H groups in total. The van der Waals surface area contributed by atoms with Crippen molar-refractivity contribution in [2.75, 3.05) is 5.32 Å². The predicted molar refractivity (Wildman–Crippen MR) is 99.6 cm³/mol. The molecular formula is C19H12F3N3O2S. The number of hydrogen-bond acceptors (Lipinski definition) is 4. The number of hydrogen-bond donors (Lipinski definition) is 1. The molecule has 4 rings (SSSR count). The van der Waals surface area contributed by atoms with Gasteiger partial charge in [0.2, 0.25) is 0 Å². The second kappa shape index (κ2) is 7.01. The van der Waals surface area contributed by atoms with Crippen LogP contribution in [0.1, 0.15) is 10.4 Å². The first kappa shape index (κ1) is 18.1. The van der Waals surface area contributed by atoms with Crippen LogP contribution < -0.4 is 10.1 Å². The number of carbonyl (C=O) groups is 1. The third kappa shape index (κ3) is 3.84. The lowest BCUT2D eigenvalue weighted by atomic mass is 10.1. The highest BCUT2D eigenvalue weighted by Crippen LogP contribution is 2.29. The van der Waals surface area contributed by atoms with Gasteiger partial charge in [-0.2, -0.15) is 0 Å². The summed E-state index contributed by atoms with van der Waals surface area (Å²) >= 11 is 1.48. The maximum Gasteiger partial charge on any atom is 0.573 e. The molecule has 0 spiro atoms. The number of nitrogens with zero attached hydrogens (tertiary/aromatic N) is 2. The van der Waals surface area contributed by atoms with E-state index in [1.165, 1.54) is 23.5 Å². The van der Waals surface area contributed by atoms with Gasteiger partial charge in [-0.15, -0.1) is 24.5 Å². The van der Waals surface area contributed by atoms with Crippen molar-refractivity contribution in [2.45, 2.75) is 6.36 Å². The zero-order valence-electron chi connectivity index (χ0n) is 14.1. The number of fused-ring (bicyclic) bond motifs is 1. The Hall–Kier alpha value is -3.33. The molecule has 0 atom stereocenters. The number of anilines is 1. The number of alkyl halides is 3. The Morgan fingerprint density at radius 2 is 1.96 bits per heavy atom. The van der Waals surface area contributed by atoms with Gasteiger partial charge in [-0.3, -0.25) is 9.20 Å². The Labute approximate surface area is 161 Å². The molecule has 0 aliphatic carbocycles. The summed E-state index contributed by atoms with van der Waals surface area (Å²) in [4.78, 5) is 17.9. The quantitative estimate of drug-likeness (QED) is 0.509. The van der Waals surface area contributed by atoms with Gasteiger partial charge in [0.15, 0.2) is 4.96 Å². The number of ether oxygens (including phenoxy) is 1. The molecule has 0 bridgehead atoms. The maximum absolute atomic E-state index is 12.6. The first-order chi connectivity index (χ1) is 13.4. The lowest BCUT2D eigenvalue weighted by molar-refractivity contribution is -0.274. The number of amides is 1. The Morgan fingerprint density at radius 1 is 1.14 bits per heavy atom. The van der Waals surface area contributed by atoms with E-state index in [0.29, 0.717) is 16.9 Å². The molecule has 0 saturated heterocycles. The number of thiazole rings is 1. The highest BCUT2D eigenvalue weighted by Gasteiger charge is 2.31. The summed E-state index contributed by atoms with van der Waals surface area (Å²) in [6.45, 7) is 0. The highest BCUT2D eigenvalue weighted by atomic mass is 32.1. The number of imidazole rings is 1. The van der Waals surface area contributed by atoms with Crippen LogP contribution >= 0.6 is 11.3 Å². The van der Waals surface area contributed by atoms with Crippen LogP contribution in [0.4, 0.5) is 18.9 Å². The third-order valence-electron chi connectivity index (χ3n) is 3.87. The van der Waals surface area contributed by atoms with Crippen molar-refractivity contribution in [2.24, 2.45) is 0 Å². The Morgan fingerprint density at radius 3 is 2.75 bits per heavy atom. The number of nitrogens with one attached hydrogen (secondary N) is 1. The van der Waals surface area contributed by atoms with Crippen LogP contribution in [0, 0.1) is 0 Å². The van der Waals surface area contributed by atoms with Crippen LogP contribution in [0.5, 0.6) is 5.75 Å². The molecule has 1 amide bonds. The molecule has 0 aliphatic heterocycles. The molecule has 0 saturated carbocycles. The SMILES string of the molecule is O=C(Nc1ccccc1-c1cn2ccsc2n1)c1cccc(OC(F)(F)F)c1. The van der Waals surface area contributed by atoms with Crippen LogP contribution in [0.15, 0.2) is 66.3 Å². The molecule has 9 heteroatoms. The van der Waals surface area contributed by atoms with E-state index >= 15 is 0 Å². The van der Waals surface area contributed by atoms with Gasteiger partial charge in [0.25, 0.3) is 5.91 Å². The number of para-hydroxylation sites is 1. The van der Waals surface area contributed by atoms with Gasteiger partial charge < -0.3 is 10.1 Å². The molecule has 142 valence electrons. The fourth-order valence-corrected chi connectivity index (χ4v) is 3.40. The van der Waals surface area contributed by atoms with E-state index in [1.54, 1.807) is 12.1 Å². The predicted octanol–water partition coefficient (Wildman–Crippen LogP) is 5.21. The molecular weight excluding hydrogens is 391 g/mol. The molecule has 2 heterocycles. The van der Waals surface area contributed by atoms with Gasteiger partial charge in [-0.25, -0.2) is 4.98 Å². The number of aromatic nitrogens is 2. The summed E-state index contributed by atoms with van der Waals surface area (Å²) in [5.74, 6) is -1.01. The van der Waals surface area contributed by atoms with Crippen molar-refractivity contribution in [3.05, 3.63) is 71.9 Å². The third-order valence-corrected chi connectivity index (χ3v) is 4.64.